The zero-order valence-electron chi connectivity index (χ0n) is 8.29. The lowest BCUT2D eigenvalue weighted by Gasteiger charge is -2.36. The van der Waals surface area contributed by atoms with Gasteiger partial charge >= 0.3 is 0 Å². The molecule has 1 aliphatic heterocycles. The number of hydrogen-bond donors (Lipinski definition) is 2. The van der Waals surface area contributed by atoms with Crippen LogP contribution in [0.5, 0.6) is 0 Å². The van der Waals surface area contributed by atoms with Gasteiger partial charge in [-0.25, -0.2) is 0 Å². The zero-order chi connectivity index (χ0) is 9.84. The summed E-state index contributed by atoms with van der Waals surface area (Å²) >= 11 is 0. The van der Waals surface area contributed by atoms with Gasteiger partial charge in [0.25, 0.3) is 0 Å². The molecular formula is C9H18N2O2. The van der Waals surface area contributed by atoms with Crippen LogP contribution in [0.25, 0.3) is 0 Å². The van der Waals surface area contributed by atoms with Crippen LogP contribution in [0.1, 0.15) is 20.3 Å². The third-order valence-corrected chi connectivity index (χ3v) is 2.63. The van der Waals surface area contributed by atoms with Crippen LogP contribution in [-0.2, 0) is 4.79 Å². The van der Waals surface area contributed by atoms with E-state index in [1.54, 1.807) is 0 Å². The van der Waals surface area contributed by atoms with Gasteiger partial charge in [0.05, 0.1) is 6.61 Å². The number of carbonyl (C=O) groups is 1. The molecular weight excluding hydrogens is 168 g/mol. The smallest absolute Gasteiger partial charge is 0.242 e. The Morgan fingerprint density at radius 1 is 1.77 bits per heavy atom. The van der Waals surface area contributed by atoms with Gasteiger partial charge in [-0.15, -0.1) is 0 Å². The normalized spacial score (nSPS) is 26.2. The molecule has 1 rings (SSSR count). The first-order valence-electron chi connectivity index (χ1n) is 4.85. The van der Waals surface area contributed by atoms with Gasteiger partial charge in [-0.05, 0) is 13.3 Å². The molecule has 0 aliphatic carbocycles. The second-order valence-corrected chi connectivity index (χ2v) is 3.48. The van der Waals surface area contributed by atoms with Crippen molar-refractivity contribution in [2.24, 2.45) is 0 Å². The highest BCUT2D eigenvalue weighted by Crippen LogP contribution is 2.08. The topological polar surface area (TPSA) is 52.6 Å². The molecule has 2 N–H and O–H groups in total. The van der Waals surface area contributed by atoms with Crippen molar-refractivity contribution in [2.45, 2.75) is 32.4 Å². The predicted molar refractivity (Wildman–Crippen MR) is 50.3 cm³/mol. The van der Waals surface area contributed by atoms with Crippen molar-refractivity contribution in [2.75, 3.05) is 19.7 Å². The fourth-order valence-corrected chi connectivity index (χ4v) is 1.56. The summed E-state index contributed by atoms with van der Waals surface area (Å²) in [4.78, 5) is 13.5. The SMILES string of the molecule is CCC(C)N1CCNC(CO)C1=O. The molecule has 2 atom stereocenters. The number of amides is 1. The van der Waals surface area contributed by atoms with Gasteiger partial charge in [0.1, 0.15) is 6.04 Å². The molecule has 1 fully saturated rings. The van der Waals surface area contributed by atoms with Crippen LogP contribution in [0.15, 0.2) is 0 Å². The quantitative estimate of drug-likeness (QED) is 0.629. The van der Waals surface area contributed by atoms with Gasteiger partial charge in [-0.1, -0.05) is 6.92 Å². The molecule has 2 unspecified atom stereocenters. The van der Waals surface area contributed by atoms with E-state index < -0.39 is 0 Å². The van der Waals surface area contributed by atoms with Crippen molar-refractivity contribution in [3.63, 3.8) is 0 Å². The van der Waals surface area contributed by atoms with Crippen LogP contribution in [-0.4, -0.2) is 47.7 Å². The third-order valence-electron chi connectivity index (χ3n) is 2.63. The lowest BCUT2D eigenvalue weighted by molar-refractivity contribution is -0.139. The molecule has 0 aromatic rings. The summed E-state index contributed by atoms with van der Waals surface area (Å²) < 4.78 is 0. The van der Waals surface area contributed by atoms with E-state index in [0.29, 0.717) is 0 Å². The highest BCUT2D eigenvalue weighted by Gasteiger charge is 2.29. The summed E-state index contributed by atoms with van der Waals surface area (Å²) in [5.41, 5.74) is 0. The average Bonchev–Trinajstić information content (AvgIpc) is 2.17. The van der Waals surface area contributed by atoms with Gasteiger partial charge in [-0.2, -0.15) is 0 Å². The fraction of sp³-hybridized carbons (Fsp3) is 0.889. The van der Waals surface area contributed by atoms with Crippen molar-refractivity contribution in [1.29, 1.82) is 0 Å². The summed E-state index contributed by atoms with van der Waals surface area (Å²) in [7, 11) is 0. The first-order valence-corrected chi connectivity index (χ1v) is 4.85. The highest BCUT2D eigenvalue weighted by atomic mass is 16.3. The van der Waals surface area contributed by atoms with Crippen LogP contribution in [0, 0.1) is 0 Å². The average molecular weight is 186 g/mol. The minimum absolute atomic E-state index is 0.0306. The van der Waals surface area contributed by atoms with Crippen molar-refractivity contribution < 1.29 is 9.90 Å². The van der Waals surface area contributed by atoms with Crippen molar-refractivity contribution >= 4 is 5.91 Å². The molecule has 1 heterocycles. The number of aliphatic hydroxyl groups is 1. The summed E-state index contributed by atoms with van der Waals surface area (Å²) in [5.74, 6) is 0.0306. The van der Waals surface area contributed by atoms with Crippen LogP contribution in [0.3, 0.4) is 0 Å². The monoisotopic (exact) mass is 186 g/mol. The molecule has 0 bridgehead atoms. The van der Waals surface area contributed by atoms with E-state index in [1.165, 1.54) is 0 Å². The summed E-state index contributed by atoms with van der Waals surface area (Å²) in [5, 5.41) is 11.9. The maximum atomic E-state index is 11.7. The van der Waals surface area contributed by atoms with E-state index in [2.05, 4.69) is 12.2 Å². The highest BCUT2D eigenvalue weighted by molar-refractivity contribution is 5.83. The Balaban J connectivity index is 2.59. The molecule has 1 amide bonds. The van der Waals surface area contributed by atoms with E-state index in [1.807, 2.05) is 11.8 Å². The Kier molecular flexibility index (Phi) is 3.69. The van der Waals surface area contributed by atoms with Gasteiger partial charge < -0.3 is 15.3 Å². The van der Waals surface area contributed by atoms with Gasteiger partial charge in [0.2, 0.25) is 5.91 Å². The Hall–Kier alpha value is -0.610. The molecule has 4 heteroatoms. The van der Waals surface area contributed by atoms with Gasteiger partial charge in [-0.3, -0.25) is 4.79 Å². The summed E-state index contributed by atoms with van der Waals surface area (Å²) in [6.45, 7) is 5.53. The minimum atomic E-state index is -0.386. The van der Waals surface area contributed by atoms with Crippen LogP contribution in [0.2, 0.25) is 0 Å². The number of hydrogen-bond acceptors (Lipinski definition) is 3. The maximum Gasteiger partial charge on any atom is 0.242 e. The first kappa shape index (κ1) is 10.5. The standard InChI is InChI=1S/C9H18N2O2/c1-3-7(2)11-5-4-10-8(6-12)9(11)13/h7-8,10,12H,3-6H2,1-2H3. The second-order valence-electron chi connectivity index (χ2n) is 3.48. The number of aliphatic hydroxyl groups excluding tert-OH is 1. The molecule has 0 radical (unpaired) electrons. The van der Waals surface area contributed by atoms with E-state index >= 15 is 0 Å². The first-order chi connectivity index (χ1) is 6.20. The number of nitrogens with zero attached hydrogens (tertiary/aromatic N) is 1. The molecule has 1 saturated heterocycles. The van der Waals surface area contributed by atoms with Gasteiger partial charge in [0, 0.05) is 19.1 Å². The molecule has 0 saturated carbocycles. The number of rotatable bonds is 3. The largest absolute Gasteiger partial charge is 0.394 e. The van der Waals surface area contributed by atoms with Crippen LogP contribution < -0.4 is 5.32 Å². The van der Waals surface area contributed by atoms with Crippen molar-refractivity contribution in [1.82, 2.24) is 10.2 Å². The maximum absolute atomic E-state index is 11.7. The summed E-state index contributed by atoms with van der Waals surface area (Å²) in [6.07, 6.45) is 0.962. The number of nitrogens with one attached hydrogen (secondary N) is 1. The van der Waals surface area contributed by atoms with Crippen molar-refractivity contribution in [3.05, 3.63) is 0 Å². The lowest BCUT2D eigenvalue weighted by atomic mass is 10.1. The molecule has 0 aromatic carbocycles. The lowest BCUT2D eigenvalue weighted by Crippen LogP contribution is -2.58. The molecule has 13 heavy (non-hydrogen) atoms. The van der Waals surface area contributed by atoms with Crippen molar-refractivity contribution in [3.8, 4) is 0 Å². The van der Waals surface area contributed by atoms with E-state index in [0.717, 1.165) is 19.5 Å². The Morgan fingerprint density at radius 2 is 2.46 bits per heavy atom. The summed E-state index contributed by atoms with van der Waals surface area (Å²) in [6, 6.07) is -0.105. The minimum Gasteiger partial charge on any atom is -0.394 e. The van der Waals surface area contributed by atoms with E-state index in [4.69, 9.17) is 5.11 Å². The predicted octanol–water partition coefficient (Wildman–Crippen LogP) is -0.422. The number of carbonyl (C=O) groups excluding carboxylic acids is 1. The third kappa shape index (κ3) is 2.19. The van der Waals surface area contributed by atoms with E-state index in [-0.39, 0.29) is 24.6 Å². The zero-order valence-corrected chi connectivity index (χ0v) is 8.29. The molecule has 0 spiro atoms. The van der Waals surface area contributed by atoms with Gasteiger partial charge in [0.15, 0.2) is 0 Å². The molecule has 0 aromatic heterocycles. The Bertz CT molecular complexity index is 184. The van der Waals surface area contributed by atoms with Crippen LogP contribution >= 0.6 is 0 Å². The van der Waals surface area contributed by atoms with Crippen LogP contribution in [0.4, 0.5) is 0 Å². The Morgan fingerprint density at radius 3 is 3.00 bits per heavy atom. The molecule has 76 valence electrons. The Labute approximate surface area is 78.9 Å². The fourth-order valence-electron chi connectivity index (χ4n) is 1.56. The second kappa shape index (κ2) is 4.58. The number of piperazine rings is 1. The molecule has 4 nitrogen and oxygen atoms in total. The molecule has 1 aliphatic rings. The van der Waals surface area contributed by atoms with E-state index in [9.17, 15) is 4.79 Å².